The monoisotopic (exact) mass is 1120 g/mol. The van der Waals surface area contributed by atoms with Gasteiger partial charge in [-0.1, -0.05) is 116 Å². The molecule has 20 unspecified atom stereocenters. The van der Waals surface area contributed by atoms with Gasteiger partial charge in [-0.3, -0.25) is 4.55 Å². The summed E-state index contributed by atoms with van der Waals surface area (Å²) in [5.74, 6) is -0.455. The number of aliphatic hydroxyl groups is 16. The smallest absolute Gasteiger partial charge is 0.396 e. The Morgan fingerprint density at radius 2 is 1.08 bits per heavy atom. The third kappa shape index (κ3) is 32.6. The summed E-state index contributed by atoms with van der Waals surface area (Å²) in [6.07, 6.45) is 6.52. The van der Waals surface area contributed by atoms with Gasteiger partial charge in [-0.2, -0.15) is 8.42 Å². The fraction of sp³-hybridized carbons (Fsp3) is 0.667. The van der Waals surface area contributed by atoms with Gasteiger partial charge in [-0.25, -0.2) is 4.18 Å². The maximum Gasteiger partial charge on any atom is 0.397 e. The van der Waals surface area contributed by atoms with Crippen molar-refractivity contribution in [1.82, 2.24) is 0 Å². The van der Waals surface area contributed by atoms with E-state index in [2.05, 4.69) is 4.18 Å². The predicted molar refractivity (Wildman–Crippen MR) is 283 cm³/mol. The molecule has 0 radical (unpaired) electrons. The Kier molecular flexibility index (Phi) is 34.2. The van der Waals surface area contributed by atoms with Crippen LogP contribution in [0, 0.1) is 5.92 Å². The zero-order valence-corrected chi connectivity index (χ0v) is 44.6. The summed E-state index contributed by atoms with van der Waals surface area (Å²) in [6.45, 7) is 3.00. The highest BCUT2D eigenvalue weighted by molar-refractivity contribution is 7.80. The molecule has 0 spiro atoms. The van der Waals surface area contributed by atoms with Crippen molar-refractivity contribution in [3.63, 3.8) is 0 Å². The second-order valence-electron chi connectivity index (χ2n) is 19.8. The summed E-state index contributed by atoms with van der Waals surface area (Å²) >= 11 is 0. The highest BCUT2D eigenvalue weighted by atomic mass is 32.3. The van der Waals surface area contributed by atoms with E-state index in [4.69, 9.17) is 24.2 Å². The van der Waals surface area contributed by atoms with Crippen LogP contribution >= 0.6 is 0 Å². The number of rotatable bonds is 42. The molecular weight excluding hydrogens is 1030 g/mol. The van der Waals surface area contributed by atoms with Gasteiger partial charge in [0, 0.05) is 32.3 Å². The molecule has 22 nitrogen and oxygen atoms in total. The molecule has 442 valence electrons. The molecule has 77 heavy (non-hydrogen) atoms. The van der Waals surface area contributed by atoms with Crippen molar-refractivity contribution in [3.05, 3.63) is 109 Å². The van der Waals surface area contributed by atoms with Crippen molar-refractivity contribution in [3.8, 4) is 0 Å². The normalized spacial score (nSPS) is 25.2. The van der Waals surface area contributed by atoms with Gasteiger partial charge in [-0.15, -0.1) is 0 Å². The van der Waals surface area contributed by atoms with Crippen molar-refractivity contribution < 1.29 is 108 Å². The van der Waals surface area contributed by atoms with Crippen LogP contribution in [-0.2, 0) is 24.1 Å². The molecule has 20 atom stereocenters. The van der Waals surface area contributed by atoms with Crippen LogP contribution in [0.25, 0.3) is 0 Å². The van der Waals surface area contributed by atoms with Gasteiger partial charge in [0.1, 0.15) is 42.7 Å². The van der Waals surface area contributed by atoms with Crippen molar-refractivity contribution in [2.24, 2.45) is 5.92 Å². The summed E-state index contributed by atoms with van der Waals surface area (Å²) in [4.78, 5) is 0. The molecule has 0 aromatic carbocycles. The van der Waals surface area contributed by atoms with Gasteiger partial charge in [0.25, 0.3) is 0 Å². The van der Waals surface area contributed by atoms with Crippen LogP contribution < -0.4 is 0 Å². The summed E-state index contributed by atoms with van der Waals surface area (Å²) in [7, 11) is -5.15. The molecule has 2 aliphatic rings. The number of hydrogen-bond acceptors (Lipinski definition) is 21. The van der Waals surface area contributed by atoms with Crippen LogP contribution in [0.1, 0.15) is 90.9 Å². The van der Waals surface area contributed by atoms with Crippen molar-refractivity contribution in [2.75, 3.05) is 13.2 Å². The largest absolute Gasteiger partial charge is 0.397 e. The van der Waals surface area contributed by atoms with Gasteiger partial charge in [0.2, 0.25) is 0 Å². The van der Waals surface area contributed by atoms with E-state index in [1.165, 1.54) is 48.6 Å². The molecule has 23 heteroatoms. The molecule has 0 bridgehead atoms. The molecule has 2 rings (SSSR count). The molecule has 0 saturated carbocycles. The van der Waals surface area contributed by atoms with E-state index in [9.17, 15) is 79.9 Å². The van der Waals surface area contributed by atoms with Gasteiger partial charge in [0.15, 0.2) is 0 Å². The predicted octanol–water partition coefficient (Wildman–Crippen LogP) is -0.540. The first-order valence-electron chi connectivity index (χ1n) is 26.1. The summed E-state index contributed by atoms with van der Waals surface area (Å²) in [5.41, 5.74) is 0.698. The van der Waals surface area contributed by atoms with Crippen LogP contribution in [-0.4, -0.2) is 224 Å². The van der Waals surface area contributed by atoms with Gasteiger partial charge >= 0.3 is 10.4 Å². The van der Waals surface area contributed by atoms with E-state index in [0.29, 0.717) is 31.3 Å². The van der Waals surface area contributed by atoms with E-state index in [-0.39, 0.29) is 76.5 Å². The maximum atomic E-state index is 11.3. The Labute approximate surface area is 452 Å². The Morgan fingerprint density at radius 1 is 0.532 bits per heavy atom. The average molecular weight is 1120 g/mol. The molecule has 0 aromatic heterocycles. The molecule has 2 saturated heterocycles. The third-order valence-corrected chi connectivity index (χ3v) is 12.8. The Balaban J connectivity index is 1.65. The number of ether oxygens (including phenoxy) is 2. The molecule has 2 fully saturated rings. The van der Waals surface area contributed by atoms with E-state index < -0.39 is 120 Å². The van der Waals surface area contributed by atoms with E-state index in [1.54, 1.807) is 62.5 Å². The zero-order valence-electron chi connectivity index (χ0n) is 43.8. The van der Waals surface area contributed by atoms with Crippen molar-refractivity contribution >= 4 is 10.4 Å². The highest BCUT2D eigenvalue weighted by Crippen LogP contribution is 2.42. The van der Waals surface area contributed by atoms with Gasteiger partial charge in [-0.05, 0) is 64.2 Å². The molecule has 0 aliphatic carbocycles. The van der Waals surface area contributed by atoms with E-state index >= 15 is 0 Å². The summed E-state index contributed by atoms with van der Waals surface area (Å²) in [6, 6.07) is 0. The minimum Gasteiger partial charge on any atom is -0.396 e. The number of allylic oxidation sites excluding steroid dienone is 1. The molecule has 0 amide bonds. The van der Waals surface area contributed by atoms with Crippen LogP contribution in [0.3, 0.4) is 0 Å². The van der Waals surface area contributed by atoms with Crippen LogP contribution in [0.15, 0.2) is 109 Å². The van der Waals surface area contributed by atoms with Crippen LogP contribution in [0.2, 0.25) is 0 Å². The molecule has 0 aromatic rings. The highest BCUT2D eigenvalue weighted by Gasteiger charge is 2.59. The minimum atomic E-state index is -5.15. The van der Waals surface area contributed by atoms with Gasteiger partial charge in [0.05, 0.1) is 79.9 Å². The minimum absolute atomic E-state index is 0.0651. The first-order valence-corrected chi connectivity index (χ1v) is 27.4. The number of hydrogen-bond donors (Lipinski definition) is 17. The van der Waals surface area contributed by atoms with E-state index in [1.807, 2.05) is 0 Å². The lowest BCUT2D eigenvalue weighted by atomic mass is 9.95. The lowest BCUT2D eigenvalue weighted by molar-refractivity contribution is -0.0931. The molecule has 2 aliphatic heterocycles. The first kappa shape index (κ1) is 69.9. The lowest BCUT2D eigenvalue weighted by Crippen LogP contribution is -2.46. The van der Waals surface area contributed by atoms with Crippen molar-refractivity contribution in [2.45, 2.75) is 207 Å². The van der Waals surface area contributed by atoms with Crippen LogP contribution in [0.5, 0.6) is 0 Å². The lowest BCUT2D eigenvalue weighted by Gasteiger charge is -2.28. The third-order valence-electron chi connectivity index (χ3n) is 12.3. The molecular formula is C54H88O22S. The summed E-state index contributed by atoms with van der Waals surface area (Å²) < 4.78 is 47.5. The fourth-order valence-corrected chi connectivity index (χ4v) is 8.70. The zero-order chi connectivity index (χ0) is 57.7. The molecule has 17 N–H and O–H groups in total. The second kappa shape index (κ2) is 37.7. The average Bonchev–Trinajstić information content (AvgIpc) is 4.28. The SMILES string of the molecule is C/C(=C\C(O)C/C=C/C(O)CC1OC1C1OC1C(O)C/C=C/CC(O)/C=C/CC(O)/C=C/CO)CC(O)/C=C/CC(O)CC(O)/C=C/C(O)CC(O)CC(C)/C=C/C(O)C(O)C(O)C(CC(O)/C=C/CCO)OS(=O)(=O)O. The topological polar surface area (TPSA) is 412 Å². The first-order chi connectivity index (χ1) is 36.3. The quantitative estimate of drug-likeness (QED) is 0.0207. The molecule has 2 heterocycles. The standard InChI is InChI=1S/C54H88O22S/c1-34(21-24-46(67)50(69)51(70)48(76-77(71,72)73)32-41(62)12-5-6-25-55)27-45(66)31-44(65)23-22-43(64)30-40(61)17-8-15-38(59)28-35(2)29-39(60)16-9-18-42(63)33-49-53(74-49)54-52(75-54)47(68)20-4-3-11-36(57)13-7-14-37(58)19-10-26-56/h3-5,7-10,12-13,15,18-19,21-24,29,34,36-70H,6,11,14,16-17,20,25-28,30-33H2,1-2H3,(H,71,72,73)/b4-3+,12-5+,13-7+,15-8+,18-9+,19-10+,23-22+,24-21+,35-29+. The Hall–Kier alpha value is -3.19. The maximum absolute atomic E-state index is 11.3. The van der Waals surface area contributed by atoms with Crippen LogP contribution in [0.4, 0.5) is 0 Å². The number of epoxide rings is 2. The Bertz CT molecular complexity index is 2010. The second-order valence-corrected chi connectivity index (χ2v) is 20.8. The summed E-state index contributed by atoms with van der Waals surface area (Å²) in [5, 5.41) is 163. The van der Waals surface area contributed by atoms with Gasteiger partial charge < -0.3 is 91.2 Å². The fourth-order valence-electron chi connectivity index (χ4n) is 8.19. The number of aliphatic hydroxyl groups excluding tert-OH is 16. The Morgan fingerprint density at radius 3 is 1.71 bits per heavy atom. The van der Waals surface area contributed by atoms with Crippen molar-refractivity contribution in [1.29, 1.82) is 0 Å². The van der Waals surface area contributed by atoms with E-state index in [0.717, 1.165) is 6.08 Å².